The van der Waals surface area contributed by atoms with Crippen molar-refractivity contribution >= 4 is 5.91 Å². The Hall–Kier alpha value is -2.17. The topological polar surface area (TPSA) is 59.2 Å². The van der Waals surface area contributed by atoms with E-state index in [0.717, 1.165) is 37.1 Å². The molecular weight excluding hydrogens is 278 g/mol. The minimum atomic E-state index is -0.0751. The van der Waals surface area contributed by atoms with E-state index < -0.39 is 0 Å². The lowest BCUT2D eigenvalue weighted by atomic mass is 10.1. The fourth-order valence-electron chi connectivity index (χ4n) is 3.00. The second kappa shape index (κ2) is 6.30. The van der Waals surface area contributed by atoms with Crippen molar-refractivity contribution in [1.82, 2.24) is 15.0 Å². The molecule has 22 heavy (non-hydrogen) atoms. The van der Waals surface area contributed by atoms with Crippen LogP contribution in [0.25, 0.3) is 0 Å². The third-order valence-corrected chi connectivity index (χ3v) is 3.97. The molecule has 0 aliphatic carbocycles. The van der Waals surface area contributed by atoms with Gasteiger partial charge in [0.05, 0.1) is 11.7 Å². The van der Waals surface area contributed by atoms with E-state index in [4.69, 9.17) is 4.52 Å². The lowest BCUT2D eigenvalue weighted by Crippen LogP contribution is -2.30. The minimum Gasteiger partial charge on any atom is -0.351 e. The van der Waals surface area contributed by atoms with E-state index in [2.05, 4.69) is 24.0 Å². The van der Waals surface area contributed by atoms with Gasteiger partial charge in [-0.1, -0.05) is 25.1 Å². The van der Waals surface area contributed by atoms with Crippen molar-refractivity contribution in [2.75, 3.05) is 6.54 Å². The highest BCUT2D eigenvalue weighted by atomic mass is 16.5. The molecule has 2 aromatic rings. The third-order valence-electron chi connectivity index (χ3n) is 3.97. The first-order valence-electron chi connectivity index (χ1n) is 7.81. The van der Waals surface area contributed by atoms with Gasteiger partial charge in [0.1, 0.15) is 0 Å². The number of likely N-dealkylation sites (tertiary alicyclic amines) is 1. The Morgan fingerprint density at radius 2 is 2.36 bits per heavy atom. The van der Waals surface area contributed by atoms with Crippen LogP contribution in [0.1, 0.15) is 54.5 Å². The van der Waals surface area contributed by atoms with Gasteiger partial charge < -0.3 is 9.42 Å². The zero-order chi connectivity index (χ0) is 15.5. The lowest BCUT2D eigenvalue weighted by Gasteiger charge is -2.23. The molecule has 1 atom stereocenters. The van der Waals surface area contributed by atoms with Crippen LogP contribution in [0.4, 0.5) is 0 Å². The molecule has 2 aromatic heterocycles. The van der Waals surface area contributed by atoms with Crippen LogP contribution >= 0.6 is 0 Å². The Morgan fingerprint density at radius 1 is 1.50 bits per heavy atom. The van der Waals surface area contributed by atoms with Crippen LogP contribution in [-0.4, -0.2) is 27.5 Å². The number of pyridine rings is 1. The van der Waals surface area contributed by atoms with Gasteiger partial charge in [0.15, 0.2) is 0 Å². The van der Waals surface area contributed by atoms with E-state index in [-0.39, 0.29) is 11.9 Å². The SMILES string of the molecule is CC(C)Cc1cc(C(=O)N2CCC[C@@H]2c2cccnc2)on1. The van der Waals surface area contributed by atoms with Gasteiger partial charge in [0.25, 0.3) is 5.91 Å². The smallest absolute Gasteiger partial charge is 0.292 e. The van der Waals surface area contributed by atoms with Gasteiger partial charge in [-0.25, -0.2) is 0 Å². The number of carbonyl (C=O) groups is 1. The molecule has 5 nitrogen and oxygen atoms in total. The van der Waals surface area contributed by atoms with E-state index in [1.807, 2.05) is 23.2 Å². The van der Waals surface area contributed by atoms with Crippen LogP contribution < -0.4 is 0 Å². The average molecular weight is 299 g/mol. The lowest BCUT2D eigenvalue weighted by molar-refractivity contribution is 0.0693. The molecular formula is C17H21N3O2. The number of hydrogen-bond donors (Lipinski definition) is 0. The second-order valence-electron chi connectivity index (χ2n) is 6.22. The Balaban J connectivity index is 1.77. The number of aromatic nitrogens is 2. The zero-order valence-electron chi connectivity index (χ0n) is 13.0. The molecule has 0 bridgehead atoms. The van der Waals surface area contributed by atoms with Gasteiger partial charge in [0.2, 0.25) is 5.76 Å². The molecule has 1 aliphatic heterocycles. The van der Waals surface area contributed by atoms with Crippen LogP contribution in [-0.2, 0) is 6.42 Å². The summed E-state index contributed by atoms with van der Waals surface area (Å²) in [6.45, 7) is 4.99. The molecule has 0 radical (unpaired) electrons. The first-order chi connectivity index (χ1) is 10.6. The molecule has 3 heterocycles. The summed E-state index contributed by atoms with van der Waals surface area (Å²) in [6.07, 6.45) is 6.37. The van der Waals surface area contributed by atoms with Crippen molar-refractivity contribution in [3.05, 3.63) is 47.6 Å². The van der Waals surface area contributed by atoms with E-state index in [0.29, 0.717) is 11.7 Å². The first kappa shape index (κ1) is 14.8. The molecule has 1 fully saturated rings. The van der Waals surface area contributed by atoms with Crippen molar-refractivity contribution in [1.29, 1.82) is 0 Å². The normalized spacial score (nSPS) is 18.1. The quantitative estimate of drug-likeness (QED) is 0.869. The monoisotopic (exact) mass is 299 g/mol. The van der Waals surface area contributed by atoms with Crippen molar-refractivity contribution in [2.45, 2.75) is 39.2 Å². The summed E-state index contributed by atoms with van der Waals surface area (Å²) < 4.78 is 5.27. The molecule has 1 aliphatic rings. The van der Waals surface area contributed by atoms with Gasteiger partial charge in [-0.2, -0.15) is 0 Å². The maximum atomic E-state index is 12.7. The second-order valence-corrected chi connectivity index (χ2v) is 6.22. The largest absolute Gasteiger partial charge is 0.351 e. The van der Waals surface area contributed by atoms with Crippen LogP contribution in [0.3, 0.4) is 0 Å². The Bertz CT molecular complexity index is 636. The van der Waals surface area contributed by atoms with Gasteiger partial charge in [0, 0.05) is 25.0 Å². The average Bonchev–Trinajstić information content (AvgIpc) is 3.16. The first-order valence-corrected chi connectivity index (χ1v) is 7.81. The van der Waals surface area contributed by atoms with E-state index in [1.165, 1.54) is 0 Å². The fourth-order valence-corrected chi connectivity index (χ4v) is 3.00. The summed E-state index contributed by atoms with van der Waals surface area (Å²) in [5.41, 5.74) is 1.92. The van der Waals surface area contributed by atoms with Crippen LogP contribution in [0, 0.1) is 5.92 Å². The molecule has 1 amide bonds. The molecule has 0 saturated carbocycles. The molecule has 0 aromatic carbocycles. The highest BCUT2D eigenvalue weighted by Gasteiger charge is 2.32. The van der Waals surface area contributed by atoms with Crippen molar-refractivity contribution in [2.24, 2.45) is 5.92 Å². The molecule has 3 rings (SSSR count). The number of carbonyl (C=O) groups excluding carboxylic acids is 1. The third kappa shape index (κ3) is 3.03. The fraction of sp³-hybridized carbons (Fsp3) is 0.471. The molecule has 5 heteroatoms. The van der Waals surface area contributed by atoms with Gasteiger partial charge in [-0.05, 0) is 36.8 Å². The number of rotatable bonds is 4. The zero-order valence-corrected chi connectivity index (χ0v) is 13.0. The van der Waals surface area contributed by atoms with Crippen molar-refractivity contribution in [3.8, 4) is 0 Å². The summed E-state index contributed by atoms with van der Waals surface area (Å²) in [4.78, 5) is 18.7. The summed E-state index contributed by atoms with van der Waals surface area (Å²) >= 11 is 0. The molecule has 1 saturated heterocycles. The summed E-state index contributed by atoms with van der Waals surface area (Å²) in [5, 5.41) is 4.01. The van der Waals surface area contributed by atoms with Crippen molar-refractivity contribution < 1.29 is 9.32 Å². The Labute approximate surface area is 130 Å². The summed E-state index contributed by atoms with van der Waals surface area (Å²) in [7, 11) is 0. The molecule has 116 valence electrons. The predicted molar refractivity (Wildman–Crippen MR) is 82.3 cm³/mol. The molecule has 0 N–H and O–H groups in total. The van der Waals surface area contributed by atoms with Crippen molar-refractivity contribution in [3.63, 3.8) is 0 Å². The highest BCUT2D eigenvalue weighted by molar-refractivity contribution is 5.92. The molecule has 0 spiro atoms. The Morgan fingerprint density at radius 3 is 3.09 bits per heavy atom. The summed E-state index contributed by atoms with van der Waals surface area (Å²) in [5.74, 6) is 0.753. The maximum Gasteiger partial charge on any atom is 0.292 e. The molecule has 0 unspecified atom stereocenters. The standard InChI is InChI=1S/C17H21N3O2/c1-12(2)9-14-10-16(22-19-14)17(21)20-8-4-6-15(20)13-5-3-7-18-11-13/h3,5,7,10-12,15H,4,6,8-9H2,1-2H3/t15-/m1/s1. The number of amides is 1. The number of nitrogens with zero attached hydrogens (tertiary/aromatic N) is 3. The van der Waals surface area contributed by atoms with Crippen LogP contribution in [0.2, 0.25) is 0 Å². The van der Waals surface area contributed by atoms with Crippen LogP contribution in [0.5, 0.6) is 0 Å². The maximum absolute atomic E-state index is 12.7. The van der Waals surface area contributed by atoms with E-state index in [9.17, 15) is 4.79 Å². The highest BCUT2D eigenvalue weighted by Crippen LogP contribution is 2.32. The van der Waals surface area contributed by atoms with Gasteiger partial charge in [-0.3, -0.25) is 9.78 Å². The Kier molecular flexibility index (Phi) is 4.22. The van der Waals surface area contributed by atoms with E-state index in [1.54, 1.807) is 12.3 Å². The number of hydrogen-bond acceptors (Lipinski definition) is 4. The van der Waals surface area contributed by atoms with Crippen LogP contribution in [0.15, 0.2) is 35.1 Å². The van der Waals surface area contributed by atoms with Gasteiger partial charge in [-0.15, -0.1) is 0 Å². The van der Waals surface area contributed by atoms with Gasteiger partial charge >= 0.3 is 0 Å². The summed E-state index contributed by atoms with van der Waals surface area (Å²) in [6, 6.07) is 5.79. The minimum absolute atomic E-state index is 0.0751. The predicted octanol–water partition coefficient (Wildman–Crippen LogP) is 3.25. The van der Waals surface area contributed by atoms with E-state index >= 15 is 0 Å².